The van der Waals surface area contributed by atoms with Crippen LogP contribution in [0.3, 0.4) is 0 Å². The first-order valence-corrected chi connectivity index (χ1v) is 8.00. The number of aromatic nitrogens is 2. The van der Waals surface area contributed by atoms with Crippen LogP contribution in [0.5, 0.6) is 0 Å². The predicted molar refractivity (Wildman–Crippen MR) is 82.5 cm³/mol. The lowest BCUT2D eigenvalue weighted by molar-refractivity contribution is -0.146. The van der Waals surface area contributed by atoms with E-state index in [4.69, 9.17) is 4.74 Å². The van der Waals surface area contributed by atoms with Gasteiger partial charge in [-0.1, -0.05) is 19.3 Å². The van der Waals surface area contributed by atoms with Crippen LogP contribution >= 0.6 is 0 Å². The Morgan fingerprint density at radius 3 is 2.77 bits per heavy atom. The molecule has 0 unspecified atom stereocenters. The maximum atomic E-state index is 12.6. The molecule has 122 valence electrons. The van der Waals surface area contributed by atoms with Crippen LogP contribution in [0.2, 0.25) is 0 Å². The van der Waals surface area contributed by atoms with Crippen molar-refractivity contribution in [2.45, 2.75) is 58.5 Å². The fourth-order valence-electron chi connectivity index (χ4n) is 3.13. The minimum absolute atomic E-state index is 0.164. The summed E-state index contributed by atoms with van der Waals surface area (Å²) in [5.74, 6) is -0.647. The first kappa shape index (κ1) is 16.5. The van der Waals surface area contributed by atoms with E-state index in [-0.39, 0.29) is 23.8 Å². The van der Waals surface area contributed by atoms with Gasteiger partial charge in [-0.3, -0.25) is 14.3 Å². The molecule has 0 bridgehead atoms. The predicted octanol–water partition coefficient (Wildman–Crippen LogP) is 2.06. The van der Waals surface area contributed by atoms with Crippen LogP contribution in [0.4, 0.5) is 0 Å². The largest absolute Gasteiger partial charge is 0.469 e. The zero-order chi connectivity index (χ0) is 16.1. The first-order valence-electron chi connectivity index (χ1n) is 8.00. The lowest BCUT2D eigenvalue weighted by Gasteiger charge is -2.24. The van der Waals surface area contributed by atoms with Gasteiger partial charge in [0.15, 0.2) is 0 Å². The molecule has 0 saturated heterocycles. The van der Waals surface area contributed by atoms with Crippen LogP contribution in [0.1, 0.15) is 55.2 Å². The van der Waals surface area contributed by atoms with E-state index in [0.717, 1.165) is 37.8 Å². The maximum Gasteiger partial charge on any atom is 0.310 e. The minimum Gasteiger partial charge on any atom is -0.469 e. The molecule has 1 N–H and O–H groups in total. The lowest BCUT2D eigenvalue weighted by Crippen LogP contribution is -2.43. The standard InChI is InChI=1S/C16H25N3O3/c1-4-19-14(10-11(2)18-19)15(20)17-13-9-7-5-6-8-12(13)16(21)22-3/h10,12-13H,4-9H2,1-3H3,(H,17,20)/t12-,13-/m0/s1. The zero-order valence-corrected chi connectivity index (χ0v) is 13.6. The second kappa shape index (κ2) is 7.42. The van der Waals surface area contributed by atoms with Gasteiger partial charge in [0.05, 0.1) is 18.7 Å². The van der Waals surface area contributed by atoms with Gasteiger partial charge in [0, 0.05) is 12.6 Å². The van der Waals surface area contributed by atoms with Gasteiger partial charge in [-0.25, -0.2) is 0 Å². The summed E-state index contributed by atoms with van der Waals surface area (Å²) in [6.45, 7) is 4.46. The van der Waals surface area contributed by atoms with E-state index in [9.17, 15) is 9.59 Å². The average molecular weight is 307 g/mol. The second-order valence-corrected chi connectivity index (χ2v) is 5.83. The van der Waals surface area contributed by atoms with Crippen molar-refractivity contribution in [1.82, 2.24) is 15.1 Å². The van der Waals surface area contributed by atoms with Gasteiger partial charge in [0.1, 0.15) is 5.69 Å². The maximum absolute atomic E-state index is 12.6. The van der Waals surface area contributed by atoms with E-state index < -0.39 is 0 Å². The van der Waals surface area contributed by atoms with Crippen LogP contribution < -0.4 is 5.32 Å². The van der Waals surface area contributed by atoms with Crippen molar-refractivity contribution in [1.29, 1.82) is 0 Å². The molecule has 1 aliphatic carbocycles. The third-order valence-corrected chi connectivity index (χ3v) is 4.27. The quantitative estimate of drug-likeness (QED) is 0.682. The van der Waals surface area contributed by atoms with E-state index in [2.05, 4.69) is 10.4 Å². The fourth-order valence-corrected chi connectivity index (χ4v) is 3.13. The van der Waals surface area contributed by atoms with Gasteiger partial charge in [0.25, 0.3) is 5.91 Å². The fraction of sp³-hybridized carbons (Fsp3) is 0.688. The number of hydrogen-bond acceptors (Lipinski definition) is 4. The van der Waals surface area contributed by atoms with Gasteiger partial charge < -0.3 is 10.1 Å². The van der Waals surface area contributed by atoms with Crippen LogP contribution in [0.25, 0.3) is 0 Å². The zero-order valence-electron chi connectivity index (χ0n) is 13.6. The van der Waals surface area contributed by atoms with E-state index in [1.807, 2.05) is 13.8 Å². The monoisotopic (exact) mass is 307 g/mol. The van der Waals surface area contributed by atoms with Crippen LogP contribution in [-0.2, 0) is 16.1 Å². The van der Waals surface area contributed by atoms with Crippen LogP contribution in [0, 0.1) is 12.8 Å². The number of carbonyl (C=O) groups is 2. The van der Waals surface area contributed by atoms with Crippen molar-refractivity contribution in [2.24, 2.45) is 5.92 Å². The molecule has 1 aromatic rings. The Hall–Kier alpha value is -1.85. The molecule has 0 aliphatic heterocycles. The molecule has 0 spiro atoms. The molecular weight excluding hydrogens is 282 g/mol. The molecule has 1 heterocycles. The van der Waals surface area contributed by atoms with Gasteiger partial charge in [0.2, 0.25) is 0 Å². The number of nitrogens with zero attached hydrogens (tertiary/aromatic N) is 2. The molecule has 1 fully saturated rings. The normalized spacial score (nSPS) is 22.0. The van der Waals surface area contributed by atoms with Crippen molar-refractivity contribution in [3.8, 4) is 0 Å². The molecule has 22 heavy (non-hydrogen) atoms. The molecule has 2 rings (SSSR count). The summed E-state index contributed by atoms with van der Waals surface area (Å²) in [4.78, 5) is 24.5. The number of esters is 1. The Labute approximate surface area is 131 Å². The molecular formula is C16H25N3O3. The van der Waals surface area contributed by atoms with Crippen molar-refractivity contribution < 1.29 is 14.3 Å². The highest BCUT2D eigenvalue weighted by Gasteiger charge is 2.32. The van der Waals surface area contributed by atoms with Crippen molar-refractivity contribution in [3.63, 3.8) is 0 Å². The highest BCUT2D eigenvalue weighted by molar-refractivity contribution is 5.93. The van der Waals surface area contributed by atoms with Crippen molar-refractivity contribution in [3.05, 3.63) is 17.5 Å². The van der Waals surface area contributed by atoms with E-state index in [1.165, 1.54) is 7.11 Å². The number of ether oxygens (including phenoxy) is 1. The Morgan fingerprint density at radius 1 is 1.36 bits per heavy atom. The number of carbonyl (C=O) groups excluding carboxylic acids is 2. The summed E-state index contributed by atoms with van der Waals surface area (Å²) in [5.41, 5.74) is 1.37. The Kier molecular flexibility index (Phi) is 5.57. The smallest absolute Gasteiger partial charge is 0.310 e. The summed E-state index contributed by atoms with van der Waals surface area (Å²) in [6.07, 6.45) is 4.68. The Bertz CT molecular complexity index is 539. The summed E-state index contributed by atoms with van der Waals surface area (Å²) in [6, 6.07) is 1.62. The summed E-state index contributed by atoms with van der Waals surface area (Å²) >= 11 is 0. The SMILES string of the molecule is CCn1nc(C)cc1C(=O)N[C@H]1CCCCC[C@@H]1C(=O)OC. The molecule has 0 aromatic carbocycles. The highest BCUT2D eigenvalue weighted by Crippen LogP contribution is 2.25. The molecule has 1 aromatic heterocycles. The average Bonchev–Trinajstić information content (AvgIpc) is 2.75. The number of rotatable bonds is 4. The summed E-state index contributed by atoms with van der Waals surface area (Å²) < 4.78 is 6.59. The van der Waals surface area contributed by atoms with Crippen LogP contribution in [0.15, 0.2) is 6.07 Å². The van der Waals surface area contributed by atoms with Crippen molar-refractivity contribution >= 4 is 11.9 Å². The number of amides is 1. The number of hydrogen-bond donors (Lipinski definition) is 1. The lowest BCUT2D eigenvalue weighted by atomic mass is 9.94. The Balaban J connectivity index is 2.14. The minimum atomic E-state index is -0.254. The van der Waals surface area contributed by atoms with E-state index in [1.54, 1.807) is 10.7 Å². The topological polar surface area (TPSA) is 73.2 Å². The third kappa shape index (κ3) is 3.67. The van der Waals surface area contributed by atoms with Gasteiger partial charge in [-0.05, 0) is 32.8 Å². The summed E-state index contributed by atoms with van der Waals surface area (Å²) in [5, 5.41) is 7.32. The molecule has 1 amide bonds. The van der Waals surface area contributed by atoms with Gasteiger partial charge in [-0.15, -0.1) is 0 Å². The number of nitrogens with one attached hydrogen (secondary N) is 1. The molecule has 1 aliphatic rings. The van der Waals surface area contributed by atoms with E-state index in [0.29, 0.717) is 12.2 Å². The summed E-state index contributed by atoms with van der Waals surface area (Å²) in [7, 11) is 1.40. The molecule has 6 nitrogen and oxygen atoms in total. The molecule has 1 saturated carbocycles. The van der Waals surface area contributed by atoms with Gasteiger partial charge >= 0.3 is 5.97 Å². The van der Waals surface area contributed by atoms with E-state index >= 15 is 0 Å². The second-order valence-electron chi connectivity index (χ2n) is 5.83. The number of aryl methyl sites for hydroxylation is 2. The Morgan fingerprint density at radius 2 is 2.09 bits per heavy atom. The molecule has 6 heteroatoms. The third-order valence-electron chi connectivity index (χ3n) is 4.27. The highest BCUT2D eigenvalue weighted by atomic mass is 16.5. The van der Waals surface area contributed by atoms with Gasteiger partial charge in [-0.2, -0.15) is 5.10 Å². The first-order chi connectivity index (χ1) is 10.6. The molecule has 0 radical (unpaired) electrons. The van der Waals surface area contributed by atoms with Crippen molar-refractivity contribution in [2.75, 3.05) is 7.11 Å². The van der Waals surface area contributed by atoms with Crippen LogP contribution in [-0.4, -0.2) is 34.8 Å². The molecule has 2 atom stereocenters. The number of methoxy groups -OCH3 is 1.